The standard InChI is InChI=1S/C34H32O8/c35-27-28(36)30(40-22-24-15-7-2-8-16-24)32(42-34(38)26-19-11-4-12-20-26)31(41-33(37)25-17-9-3-10-18-25)29(27)39-21-23-13-5-1-6-14-23/h1-20,27-32,35-36H,21-22H2/t27-,28-,29+,30+,31+,32+/m0/s1. The molecule has 0 amide bonds. The molecule has 0 radical (unpaired) electrons. The molecule has 0 bridgehead atoms. The largest absolute Gasteiger partial charge is 0.452 e. The fraction of sp³-hybridized carbons (Fsp3) is 0.235. The molecule has 0 unspecified atom stereocenters. The molecule has 8 heteroatoms. The number of ether oxygens (including phenoxy) is 4. The monoisotopic (exact) mass is 568 g/mol. The van der Waals surface area contributed by atoms with Gasteiger partial charge in [-0.3, -0.25) is 0 Å². The second-order valence-corrected chi connectivity index (χ2v) is 9.98. The molecule has 1 aliphatic carbocycles. The van der Waals surface area contributed by atoms with Crippen molar-refractivity contribution in [2.45, 2.75) is 49.8 Å². The number of aliphatic hydroxyl groups is 2. The van der Waals surface area contributed by atoms with Gasteiger partial charge in [-0.15, -0.1) is 0 Å². The molecule has 0 saturated heterocycles. The van der Waals surface area contributed by atoms with Crippen LogP contribution in [0.5, 0.6) is 0 Å². The molecule has 4 aromatic carbocycles. The number of hydrogen-bond acceptors (Lipinski definition) is 8. The van der Waals surface area contributed by atoms with Gasteiger partial charge in [0.15, 0.2) is 12.2 Å². The molecular formula is C34H32O8. The maximum Gasteiger partial charge on any atom is 0.338 e. The van der Waals surface area contributed by atoms with Crippen molar-refractivity contribution in [1.82, 2.24) is 0 Å². The van der Waals surface area contributed by atoms with Crippen LogP contribution in [0.4, 0.5) is 0 Å². The number of aliphatic hydroxyl groups excluding tert-OH is 2. The van der Waals surface area contributed by atoms with Crippen LogP contribution in [0.2, 0.25) is 0 Å². The third kappa shape index (κ3) is 7.10. The Bertz CT molecular complexity index is 1300. The third-order valence-electron chi connectivity index (χ3n) is 7.07. The number of rotatable bonds is 10. The lowest BCUT2D eigenvalue weighted by Crippen LogP contribution is -2.66. The lowest BCUT2D eigenvalue weighted by atomic mass is 9.84. The van der Waals surface area contributed by atoms with Gasteiger partial charge in [-0.05, 0) is 35.4 Å². The van der Waals surface area contributed by atoms with Gasteiger partial charge in [0.2, 0.25) is 0 Å². The van der Waals surface area contributed by atoms with Gasteiger partial charge < -0.3 is 29.2 Å². The lowest BCUT2D eigenvalue weighted by molar-refractivity contribution is -0.249. The first-order valence-corrected chi connectivity index (χ1v) is 13.7. The number of carbonyl (C=O) groups excluding carboxylic acids is 2. The summed E-state index contributed by atoms with van der Waals surface area (Å²) < 4.78 is 24.1. The Labute approximate surface area is 244 Å². The van der Waals surface area contributed by atoms with Crippen molar-refractivity contribution in [1.29, 1.82) is 0 Å². The van der Waals surface area contributed by atoms with Gasteiger partial charge in [-0.25, -0.2) is 9.59 Å². The van der Waals surface area contributed by atoms with Crippen molar-refractivity contribution in [2.24, 2.45) is 0 Å². The zero-order valence-corrected chi connectivity index (χ0v) is 22.8. The summed E-state index contributed by atoms with van der Waals surface area (Å²) in [5.74, 6) is -1.42. The first-order valence-electron chi connectivity index (χ1n) is 13.7. The quantitative estimate of drug-likeness (QED) is 0.272. The zero-order valence-electron chi connectivity index (χ0n) is 22.8. The molecule has 1 saturated carbocycles. The highest BCUT2D eigenvalue weighted by Crippen LogP contribution is 2.33. The molecule has 6 atom stereocenters. The molecule has 0 aliphatic heterocycles. The summed E-state index contributed by atoms with van der Waals surface area (Å²) in [6.45, 7) is 0.0904. The fourth-order valence-corrected chi connectivity index (χ4v) is 4.87. The first-order chi connectivity index (χ1) is 20.5. The Hall–Kier alpha value is -4.34. The summed E-state index contributed by atoms with van der Waals surface area (Å²) in [7, 11) is 0. The van der Waals surface area contributed by atoms with Crippen LogP contribution in [0.25, 0.3) is 0 Å². The van der Waals surface area contributed by atoms with Crippen molar-refractivity contribution in [3.05, 3.63) is 144 Å². The molecule has 42 heavy (non-hydrogen) atoms. The van der Waals surface area contributed by atoms with Crippen LogP contribution >= 0.6 is 0 Å². The van der Waals surface area contributed by atoms with Gasteiger partial charge in [0.25, 0.3) is 0 Å². The van der Waals surface area contributed by atoms with E-state index in [4.69, 9.17) is 18.9 Å². The fourth-order valence-electron chi connectivity index (χ4n) is 4.87. The van der Waals surface area contributed by atoms with Crippen molar-refractivity contribution < 1.29 is 38.7 Å². The molecule has 4 aromatic rings. The summed E-state index contributed by atoms with van der Waals surface area (Å²) in [5.41, 5.74) is 2.12. The molecule has 216 valence electrons. The average Bonchev–Trinajstić information content (AvgIpc) is 3.04. The van der Waals surface area contributed by atoms with Crippen molar-refractivity contribution >= 4 is 11.9 Å². The summed E-state index contributed by atoms with van der Waals surface area (Å²) in [6, 6.07) is 35.1. The Morgan fingerprint density at radius 3 is 1.12 bits per heavy atom. The zero-order chi connectivity index (χ0) is 29.3. The van der Waals surface area contributed by atoms with Crippen LogP contribution in [0.3, 0.4) is 0 Å². The molecule has 1 aliphatic rings. The van der Waals surface area contributed by atoms with E-state index in [-0.39, 0.29) is 24.3 Å². The Kier molecular flexibility index (Phi) is 9.74. The Morgan fingerprint density at radius 2 is 0.786 bits per heavy atom. The van der Waals surface area contributed by atoms with Gasteiger partial charge in [-0.1, -0.05) is 97.1 Å². The van der Waals surface area contributed by atoms with E-state index in [9.17, 15) is 19.8 Å². The highest BCUT2D eigenvalue weighted by atomic mass is 16.6. The van der Waals surface area contributed by atoms with E-state index in [0.29, 0.717) is 0 Å². The predicted molar refractivity (Wildman–Crippen MR) is 153 cm³/mol. The summed E-state index contributed by atoms with van der Waals surface area (Å²) in [6.07, 6.45) is -8.22. The van der Waals surface area contributed by atoms with Crippen LogP contribution < -0.4 is 0 Å². The van der Waals surface area contributed by atoms with Crippen LogP contribution in [-0.2, 0) is 32.2 Å². The summed E-state index contributed by atoms with van der Waals surface area (Å²) >= 11 is 0. The van der Waals surface area contributed by atoms with Gasteiger partial charge in [0.1, 0.15) is 24.4 Å². The number of carbonyl (C=O) groups is 2. The molecule has 0 aromatic heterocycles. The second-order valence-electron chi connectivity index (χ2n) is 9.98. The van der Waals surface area contributed by atoms with E-state index >= 15 is 0 Å². The highest BCUT2D eigenvalue weighted by Gasteiger charge is 2.55. The van der Waals surface area contributed by atoms with Crippen LogP contribution in [-0.4, -0.2) is 58.8 Å². The molecule has 8 nitrogen and oxygen atoms in total. The Morgan fingerprint density at radius 1 is 0.476 bits per heavy atom. The maximum absolute atomic E-state index is 13.3. The molecule has 2 N–H and O–H groups in total. The van der Waals surface area contributed by atoms with Gasteiger partial charge in [0, 0.05) is 0 Å². The maximum atomic E-state index is 13.3. The topological polar surface area (TPSA) is 112 Å². The van der Waals surface area contributed by atoms with Crippen molar-refractivity contribution in [3.63, 3.8) is 0 Å². The number of benzene rings is 4. The highest BCUT2D eigenvalue weighted by molar-refractivity contribution is 5.90. The van der Waals surface area contributed by atoms with E-state index in [1.54, 1.807) is 60.7 Å². The minimum absolute atomic E-state index is 0.0452. The van der Waals surface area contributed by atoms with Gasteiger partial charge in [0.05, 0.1) is 24.3 Å². The number of esters is 2. The first kappa shape index (κ1) is 29.2. The Balaban J connectivity index is 1.49. The molecule has 1 fully saturated rings. The van der Waals surface area contributed by atoms with Crippen LogP contribution in [0.1, 0.15) is 31.8 Å². The van der Waals surface area contributed by atoms with E-state index in [1.165, 1.54) is 0 Å². The summed E-state index contributed by atoms with van der Waals surface area (Å²) in [4.78, 5) is 26.6. The minimum atomic E-state index is -1.53. The smallest absolute Gasteiger partial charge is 0.338 e. The van der Waals surface area contributed by atoms with E-state index in [0.717, 1.165) is 11.1 Å². The molecular weight excluding hydrogens is 536 g/mol. The van der Waals surface area contributed by atoms with Gasteiger partial charge in [-0.2, -0.15) is 0 Å². The molecule has 0 spiro atoms. The molecule has 5 rings (SSSR count). The second kappa shape index (κ2) is 14.0. The summed E-state index contributed by atoms with van der Waals surface area (Å²) in [5, 5.41) is 22.6. The van der Waals surface area contributed by atoms with Gasteiger partial charge >= 0.3 is 11.9 Å². The lowest BCUT2D eigenvalue weighted by Gasteiger charge is -2.46. The van der Waals surface area contributed by atoms with Crippen LogP contribution in [0, 0.1) is 0 Å². The van der Waals surface area contributed by atoms with Crippen molar-refractivity contribution in [3.8, 4) is 0 Å². The van der Waals surface area contributed by atoms with E-state index in [1.807, 2.05) is 60.7 Å². The minimum Gasteiger partial charge on any atom is -0.452 e. The average molecular weight is 569 g/mol. The van der Waals surface area contributed by atoms with E-state index in [2.05, 4.69) is 0 Å². The third-order valence-corrected chi connectivity index (χ3v) is 7.07. The van der Waals surface area contributed by atoms with Crippen molar-refractivity contribution in [2.75, 3.05) is 0 Å². The normalized spacial score (nSPS) is 23.6. The predicted octanol–water partition coefficient (Wildman–Crippen LogP) is 4.34. The molecule has 0 heterocycles. The SMILES string of the molecule is O=C(O[C@H]1[C@H](OC(=O)c2ccccc2)[C@H](OCc2ccccc2)[C@@H](O)[C@H](O)[C@H]1OCc1ccccc1)c1ccccc1. The van der Waals surface area contributed by atoms with E-state index < -0.39 is 48.6 Å². The number of hydrogen-bond donors (Lipinski definition) is 2. The van der Waals surface area contributed by atoms with Crippen LogP contribution in [0.15, 0.2) is 121 Å².